The molecule has 4 atom stereocenters. The van der Waals surface area contributed by atoms with Crippen LogP contribution in [0.15, 0.2) is 24.3 Å². The molecule has 3 nitrogen and oxygen atoms in total. The summed E-state index contributed by atoms with van der Waals surface area (Å²) in [6.07, 6.45) is 2.53. The summed E-state index contributed by atoms with van der Waals surface area (Å²) in [5.74, 6) is 1.56. The molecule has 1 aromatic rings. The minimum absolute atomic E-state index is 0.170. The van der Waals surface area contributed by atoms with Crippen LogP contribution in [0.2, 0.25) is 0 Å². The van der Waals surface area contributed by atoms with E-state index in [9.17, 15) is 0 Å². The molecule has 0 aromatic heterocycles. The Labute approximate surface area is 129 Å². The van der Waals surface area contributed by atoms with Crippen molar-refractivity contribution in [3.63, 3.8) is 0 Å². The summed E-state index contributed by atoms with van der Waals surface area (Å²) >= 11 is 0. The van der Waals surface area contributed by atoms with E-state index in [4.69, 9.17) is 9.47 Å². The van der Waals surface area contributed by atoms with E-state index in [2.05, 4.69) is 50.4 Å². The van der Waals surface area contributed by atoms with E-state index < -0.39 is 0 Å². The van der Waals surface area contributed by atoms with Gasteiger partial charge in [0, 0.05) is 19.1 Å². The first-order chi connectivity index (χ1) is 10.2. The normalized spacial score (nSPS) is 26.2. The molecule has 1 aromatic carbocycles. The zero-order chi connectivity index (χ0) is 15.2. The maximum atomic E-state index is 6.10. The van der Waals surface area contributed by atoms with Gasteiger partial charge in [0.1, 0.15) is 18.0 Å². The summed E-state index contributed by atoms with van der Waals surface area (Å²) in [6, 6.07) is 8.97. The average Bonchev–Trinajstić information content (AvgIpc) is 2.51. The molecular formula is C18H29NO2. The van der Waals surface area contributed by atoms with Crippen LogP contribution in [0.5, 0.6) is 5.75 Å². The zero-order valence-electron chi connectivity index (χ0n) is 13.8. The van der Waals surface area contributed by atoms with Crippen molar-refractivity contribution in [2.75, 3.05) is 13.2 Å². The summed E-state index contributed by atoms with van der Waals surface area (Å²) in [6.45, 7) is 10.4. The lowest BCUT2D eigenvalue weighted by Crippen LogP contribution is -2.61. The van der Waals surface area contributed by atoms with E-state index in [0.29, 0.717) is 12.0 Å². The Balaban J connectivity index is 1.92. The molecule has 0 heterocycles. The molecule has 1 fully saturated rings. The van der Waals surface area contributed by atoms with Gasteiger partial charge in [0.05, 0.1) is 0 Å². The largest absolute Gasteiger partial charge is 0.488 e. The van der Waals surface area contributed by atoms with Crippen molar-refractivity contribution in [3.05, 3.63) is 29.8 Å². The molecule has 0 amide bonds. The smallest absolute Gasteiger partial charge is 0.128 e. The van der Waals surface area contributed by atoms with Crippen molar-refractivity contribution in [2.45, 2.75) is 64.7 Å². The molecular weight excluding hydrogens is 262 g/mol. The molecule has 4 unspecified atom stereocenters. The minimum atomic E-state index is 0.170. The van der Waals surface area contributed by atoms with Gasteiger partial charge in [0.15, 0.2) is 0 Å². The van der Waals surface area contributed by atoms with Crippen molar-refractivity contribution in [1.82, 2.24) is 5.32 Å². The van der Waals surface area contributed by atoms with Crippen LogP contribution in [0.1, 0.15) is 52.0 Å². The van der Waals surface area contributed by atoms with E-state index in [1.807, 2.05) is 6.92 Å². The lowest BCUT2D eigenvalue weighted by molar-refractivity contribution is -0.104. The van der Waals surface area contributed by atoms with Crippen LogP contribution in [-0.4, -0.2) is 31.4 Å². The number of ether oxygens (including phenoxy) is 2. The second kappa shape index (κ2) is 7.81. The maximum absolute atomic E-state index is 6.10. The van der Waals surface area contributed by atoms with Crippen LogP contribution < -0.4 is 10.1 Å². The van der Waals surface area contributed by atoms with Gasteiger partial charge < -0.3 is 14.8 Å². The van der Waals surface area contributed by atoms with Crippen LogP contribution in [0.3, 0.4) is 0 Å². The number of benzene rings is 1. The summed E-state index contributed by atoms with van der Waals surface area (Å²) < 4.78 is 11.9. The predicted molar refractivity (Wildman–Crippen MR) is 87.1 cm³/mol. The molecule has 1 N–H and O–H groups in total. The van der Waals surface area contributed by atoms with E-state index >= 15 is 0 Å². The number of rotatable bonds is 8. The summed E-state index contributed by atoms with van der Waals surface area (Å²) in [5, 5.41) is 3.46. The topological polar surface area (TPSA) is 30.5 Å². The number of nitrogens with one attached hydrogen (secondary N) is 1. The first-order valence-electron chi connectivity index (χ1n) is 8.31. The standard InChI is InChI=1S/C18H29NO2/c1-5-13(4)14-8-10-15(11-9-14)21-17-12-16(19-6-2)18(17)20-7-3/h8-11,13,16-19H,5-7,12H2,1-4H3. The quantitative estimate of drug-likeness (QED) is 0.791. The third-order valence-electron chi connectivity index (χ3n) is 4.42. The van der Waals surface area contributed by atoms with Gasteiger partial charge in [-0.25, -0.2) is 0 Å². The van der Waals surface area contributed by atoms with Crippen LogP contribution in [0.4, 0.5) is 0 Å². The zero-order valence-corrected chi connectivity index (χ0v) is 13.8. The fraction of sp³-hybridized carbons (Fsp3) is 0.667. The number of hydrogen-bond acceptors (Lipinski definition) is 3. The van der Waals surface area contributed by atoms with Gasteiger partial charge in [0.2, 0.25) is 0 Å². The van der Waals surface area contributed by atoms with Crippen LogP contribution >= 0.6 is 0 Å². The summed E-state index contributed by atoms with van der Waals surface area (Å²) in [4.78, 5) is 0. The van der Waals surface area contributed by atoms with Crippen molar-refractivity contribution in [3.8, 4) is 5.75 Å². The van der Waals surface area contributed by atoms with Gasteiger partial charge in [-0.2, -0.15) is 0 Å². The van der Waals surface area contributed by atoms with Gasteiger partial charge in [0.25, 0.3) is 0 Å². The second-order valence-electron chi connectivity index (χ2n) is 5.85. The number of likely N-dealkylation sites (N-methyl/N-ethyl adjacent to an activating group) is 1. The Bertz CT molecular complexity index is 418. The van der Waals surface area contributed by atoms with E-state index in [0.717, 1.165) is 25.3 Å². The molecule has 1 aliphatic carbocycles. The SMILES string of the molecule is CCNC1CC(Oc2ccc(C(C)CC)cc2)C1OCC. The van der Waals surface area contributed by atoms with Crippen LogP contribution in [0.25, 0.3) is 0 Å². The highest BCUT2D eigenvalue weighted by Gasteiger charge is 2.43. The predicted octanol–water partition coefficient (Wildman–Crippen LogP) is 3.73. The number of hydrogen-bond donors (Lipinski definition) is 1. The highest BCUT2D eigenvalue weighted by atomic mass is 16.5. The lowest BCUT2D eigenvalue weighted by Gasteiger charge is -2.44. The molecule has 1 saturated carbocycles. The van der Waals surface area contributed by atoms with Gasteiger partial charge in [-0.1, -0.05) is 32.9 Å². The first kappa shape index (κ1) is 16.3. The molecule has 0 spiro atoms. The molecule has 0 saturated heterocycles. The molecule has 21 heavy (non-hydrogen) atoms. The van der Waals surface area contributed by atoms with Crippen LogP contribution in [0, 0.1) is 0 Å². The Kier molecular flexibility index (Phi) is 6.07. The van der Waals surface area contributed by atoms with Crippen molar-refractivity contribution >= 4 is 0 Å². The third kappa shape index (κ3) is 3.98. The molecule has 2 rings (SSSR count). The Hall–Kier alpha value is -1.06. The Morgan fingerprint density at radius 1 is 1.19 bits per heavy atom. The highest BCUT2D eigenvalue weighted by molar-refractivity contribution is 5.29. The van der Waals surface area contributed by atoms with Crippen molar-refractivity contribution < 1.29 is 9.47 Å². The van der Waals surface area contributed by atoms with E-state index in [1.165, 1.54) is 12.0 Å². The van der Waals surface area contributed by atoms with Crippen LogP contribution in [-0.2, 0) is 4.74 Å². The Morgan fingerprint density at radius 2 is 1.90 bits per heavy atom. The molecule has 3 heteroatoms. The monoisotopic (exact) mass is 291 g/mol. The molecule has 1 aliphatic rings. The molecule has 0 aliphatic heterocycles. The Morgan fingerprint density at radius 3 is 2.48 bits per heavy atom. The third-order valence-corrected chi connectivity index (χ3v) is 4.42. The molecule has 0 radical (unpaired) electrons. The lowest BCUT2D eigenvalue weighted by atomic mass is 9.85. The van der Waals surface area contributed by atoms with E-state index in [1.54, 1.807) is 0 Å². The average molecular weight is 291 g/mol. The van der Waals surface area contributed by atoms with Gasteiger partial charge in [-0.3, -0.25) is 0 Å². The first-order valence-corrected chi connectivity index (χ1v) is 8.31. The summed E-state index contributed by atoms with van der Waals surface area (Å²) in [7, 11) is 0. The second-order valence-corrected chi connectivity index (χ2v) is 5.85. The minimum Gasteiger partial charge on any atom is -0.488 e. The van der Waals surface area contributed by atoms with Gasteiger partial charge in [-0.05, 0) is 43.5 Å². The van der Waals surface area contributed by atoms with Gasteiger partial charge >= 0.3 is 0 Å². The highest BCUT2D eigenvalue weighted by Crippen LogP contribution is 2.30. The fourth-order valence-corrected chi connectivity index (χ4v) is 2.86. The van der Waals surface area contributed by atoms with Crippen molar-refractivity contribution in [2.24, 2.45) is 0 Å². The van der Waals surface area contributed by atoms with Crippen molar-refractivity contribution in [1.29, 1.82) is 0 Å². The maximum Gasteiger partial charge on any atom is 0.128 e. The van der Waals surface area contributed by atoms with E-state index in [-0.39, 0.29) is 12.2 Å². The molecule has 0 bridgehead atoms. The summed E-state index contributed by atoms with van der Waals surface area (Å²) in [5.41, 5.74) is 1.38. The fourth-order valence-electron chi connectivity index (χ4n) is 2.86. The van der Waals surface area contributed by atoms with Gasteiger partial charge in [-0.15, -0.1) is 0 Å². The molecule has 118 valence electrons.